The molecule has 3 heterocycles. The molecule has 3 rings (SSSR count). The molecule has 0 aliphatic heterocycles. The number of pyridine rings is 1. The second kappa shape index (κ2) is 5.61. The van der Waals surface area contributed by atoms with Crippen LogP contribution in [-0.4, -0.2) is 27.7 Å². The number of aromatic nitrogens is 2. The molecule has 22 heavy (non-hydrogen) atoms. The molecule has 0 aliphatic rings. The van der Waals surface area contributed by atoms with E-state index >= 15 is 0 Å². The fourth-order valence-corrected chi connectivity index (χ4v) is 2.26. The second-order valence-corrected chi connectivity index (χ2v) is 5.00. The van der Waals surface area contributed by atoms with Gasteiger partial charge in [0.2, 0.25) is 0 Å². The molecule has 1 unspecified atom stereocenters. The first-order valence-corrected chi connectivity index (χ1v) is 6.79. The summed E-state index contributed by atoms with van der Waals surface area (Å²) in [6.07, 6.45) is 0.567. The van der Waals surface area contributed by atoms with Crippen molar-refractivity contribution in [2.45, 2.75) is 20.0 Å². The van der Waals surface area contributed by atoms with Crippen LogP contribution in [0.5, 0.6) is 0 Å². The Bertz CT molecular complexity index is 808. The van der Waals surface area contributed by atoms with Crippen LogP contribution in [-0.2, 0) is 0 Å². The van der Waals surface area contributed by atoms with Crippen molar-refractivity contribution in [3.63, 3.8) is 0 Å². The summed E-state index contributed by atoms with van der Waals surface area (Å²) in [6.45, 7) is 3.56. The van der Waals surface area contributed by atoms with Crippen molar-refractivity contribution >= 4 is 17.0 Å². The Hall–Kier alpha value is -2.67. The van der Waals surface area contributed by atoms with Crippen LogP contribution in [0.3, 0.4) is 0 Å². The summed E-state index contributed by atoms with van der Waals surface area (Å²) in [5.41, 5.74) is 2.00. The number of nitrogens with one attached hydrogen (secondary N) is 1. The lowest BCUT2D eigenvalue weighted by atomic mass is 10.1. The Morgan fingerprint density at radius 1 is 1.45 bits per heavy atom. The fraction of sp³-hybridized carbons (Fsp3) is 0.267. The summed E-state index contributed by atoms with van der Waals surface area (Å²) in [7, 11) is 0. The van der Waals surface area contributed by atoms with Gasteiger partial charge in [0.25, 0.3) is 11.6 Å². The van der Waals surface area contributed by atoms with Gasteiger partial charge in [-0.25, -0.2) is 4.98 Å². The topological polar surface area (TPSA) is 101 Å². The number of rotatable bonds is 4. The summed E-state index contributed by atoms with van der Waals surface area (Å²) in [4.78, 5) is 16.6. The summed E-state index contributed by atoms with van der Waals surface area (Å²) in [6, 6.07) is 4.99. The van der Waals surface area contributed by atoms with Crippen LogP contribution in [0.15, 0.2) is 33.4 Å². The molecule has 0 bridgehead atoms. The smallest absolute Gasteiger partial charge is 0.258 e. The number of hydrogen-bond donors (Lipinski definition) is 2. The highest BCUT2D eigenvalue weighted by molar-refractivity contribution is 6.06. The number of aliphatic hydroxyl groups is 1. The average molecular weight is 301 g/mol. The van der Waals surface area contributed by atoms with Gasteiger partial charge in [-0.05, 0) is 32.0 Å². The van der Waals surface area contributed by atoms with Gasteiger partial charge in [-0.15, -0.1) is 0 Å². The first-order chi connectivity index (χ1) is 10.6. The molecule has 1 atom stereocenters. The van der Waals surface area contributed by atoms with Crippen molar-refractivity contribution in [3.8, 4) is 0 Å². The van der Waals surface area contributed by atoms with E-state index in [1.54, 1.807) is 32.0 Å². The Morgan fingerprint density at radius 2 is 2.27 bits per heavy atom. The summed E-state index contributed by atoms with van der Waals surface area (Å²) in [5, 5.41) is 17.0. The zero-order valence-corrected chi connectivity index (χ0v) is 12.2. The van der Waals surface area contributed by atoms with E-state index in [2.05, 4.69) is 15.5 Å². The Morgan fingerprint density at radius 3 is 3.00 bits per heavy atom. The third-order valence-corrected chi connectivity index (χ3v) is 3.32. The molecule has 0 saturated heterocycles. The molecule has 3 aromatic rings. The molecule has 1 amide bonds. The number of carbonyl (C=O) groups excluding carboxylic acids is 1. The van der Waals surface area contributed by atoms with Crippen molar-refractivity contribution in [2.75, 3.05) is 6.54 Å². The molecule has 3 aromatic heterocycles. The Labute approximate surface area is 125 Å². The van der Waals surface area contributed by atoms with Crippen LogP contribution in [0.25, 0.3) is 11.1 Å². The number of furan rings is 1. The lowest BCUT2D eigenvalue weighted by molar-refractivity contribution is 0.0902. The Balaban J connectivity index is 1.82. The average Bonchev–Trinajstić information content (AvgIpc) is 3.14. The van der Waals surface area contributed by atoms with Gasteiger partial charge < -0.3 is 19.4 Å². The highest BCUT2D eigenvalue weighted by Crippen LogP contribution is 2.22. The van der Waals surface area contributed by atoms with E-state index in [-0.39, 0.29) is 12.5 Å². The summed E-state index contributed by atoms with van der Waals surface area (Å²) < 4.78 is 10.2. The maximum atomic E-state index is 12.4. The van der Waals surface area contributed by atoms with Crippen molar-refractivity contribution in [1.82, 2.24) is 15.5 Å². The number of amides is 1. The first kappa shape index (κ1) is 14.3. The van der Waals surface area contributed by atoms with Crippen LogP contribution in [0.4, 0.5) is 0 Å². The second-order valence-electron chi connectivity index (χ2n) is 5.00. The molecular weight excluding hydrogens is 286 g/mol. The minimum Gasteiger partial charge on any atom is -0.467 e. The molecular formula is C15H15N3O4. The summed E-state index contributed by atoms with van der Waals surface area (Å²) in [5.74, 6) is 0.0740. The number of fused-ring (bicyclic) bond motifs is 1. The molecule has 7 nitrogen and oxygen atoms in total. The standard InChI is InChI=1S/C15H15N3O4/c1-8-6-10(13-9(2)18-22-15(13)17-8)14(20)16-7-11(19)12-4-3-5-21-12/h3-6,11,19H,7H2,1-2H3,(H,16,20). The molecule has 0 spiro atoms. The van der Waals surface area contributed by atoms with E-state index in [9.17, 15) is 9.90 Å². The third-order valence-electron chi connectivity index (χ3n) is 3.32. The highest BCUT2D eigenvalue weighted by atomic mass is 16.5. The van der Waals surface area contributed by atoms with Crippen LogP contribution in [0.1, 0.15) is 33.6 Å². The zero-order chi connectivity index (χ0) is 15.7. The van der Waals surface area contributed by atoms with Gasteiger partial charge in [0, 0.05) is 5.69 Å². The number of nitrogens with zero attached hydrogens (tertiary/aromatic N) is 2. The molecule has 0 radical (unpaired) electrons. The van der Waals surface area contributed by atoms with Crippen molar-refractivity contribution in [2.24, 2.45) is 0 Å². The molecule has 0 fully saturated rings. The molecule has 0 saturated carbocycles. The van der Waals surface area contributed by atoms with Gasteiger partial charge in [-0.2, -0.15) is 0 Å². The van der Waals surface area contributed by atoms with Crippen molar-refractivity contribution in [1.29, 1.82) is 0 Å². The SMILES string of the molecule is Cc1cc(C(=O)NCC(O)c2ccco2)c2c(C)noc2n1. The van der Waals surface area contributed by atoms with Gasteiger partial charge in [0.1, 0.15) is 11.9 Å². The maximum absolute atomic E-state index is 12.4. The molecule has 2 N–H and O–H groups in total. The van der Waals surface area contributed by atoms with Gasteiger partial charge in [0.05, 0.1) is 29.5 Å². The summed E-state index contributed by atoms with van der Waals surface area (Å²) >= 11 is 0. The molecule has 0 aliphatic carbocycles. The van der Waals surface area contributed by atoms with Gasteiger partial charge in [-0.1, -0.05) is 5.16 Å². The van der Waals surface area contributed by atoms with Crippen molar-refractivity contribution < 1.29 is 18.8 Å². The third kappa shape index (κ3) is 2.58. The quantitative estimate of drug-likeness (QED) is 0.763. The predicted octanol–water partition coefficient (Wildman–Crippen LogP) is 1.90. The van der Waals surface area contributed by atoms with Crippen molar-refractivity contribution in [3.05, 3.63) is 47.2 Å². The molecule has 7 heteroatoms. The maximum Gasteiger partial charge on any atom is 0.258 e. The van der Waals surface area contributed by atoms with Gasteiger partial charge in [-0.3, -0.25) is 4.79 Å². The molecule has 0 aromatic carbocycles. The lowest BCUT2D eigenvalue weighted by Gasteiger charge is -2.10. The van der Waals surface area contributed by atoms with Crippen LogP contribution < -0.4 is 5.32 Å². The van der Waals surface area contributed by atoms with Crippen LogP contribution in [0, 0.1) is 13.8 Å². The van der Waals surface area contributed by atoms with E-state index in [1.807, 2.05) is 0 Å². The number of carbonyl (C=O) groups is 1. The highest BCUT2D eigenvalue weighted by Gasteiger charge is 2.19. The molecule has 114 valence electrons. The van der Waals surface area contributed by atoms with Crippen LogP contribution >= 0.6 is 0 Å². The van der Waals surface area contributed by atoms with E-state index < -0.39 is 6.10 Å². The largest absolute Gasteiger partial charge is 0.467 e. The fourth-order valence-electron chi connectivity index (χ4n) is 2.26. The van der Waals surface area contributed by atoms with Gasteiger partial charge in [0.15, 0.2) is 0 Å². The van der Waals surface area contributed by atoms with Crippen LogP contribution in [0.2, 0.25) is 0 Å². The monoisotopic (exact) mass is 301 g/mol. The number of aliphatic hydroxyl groups excluding tert-OH is 1. The van der Waals surface area contributed by atoms with E-state index in [4.69, 9.17) is 8.94 Å². The minimum atomic E-state index is -0.902. The predicted molar refractivity (Wildman–Crippen MR) is 77.3 cm³/mol. The number of aryl methyl sites for hydroxylation is 2. The minimum absolute atomic E-state index is 0.0412. The van der Waals surface area contributed by atoms with E-state index in [0.29, 0.717) is 33.8 Å². The van der Waals surface area contributed by atoms with Gasteiger partial charge >= 0.3 is 0 Å². The first-order valence-electron chi connectivity index (χ1n) is 6.79. The Kier molecular flexibility index (Phi) is 3.64. The lowest BCUT2D eigenvalue weighted by Crippen LogP contribution is -2.28. The zero-order valence-electron chi connectivity index (χ0n) is 12.2. The normalized spacial score (nSPS) is 12.5. The van der Waals surface area contributed by atoms with E-state index in [0.717, 1.165) is 0 Å². The van der Waals surface area contributed by atoms with E-state index in [1.165, 1.54) is 6.26 Å². The number of hydrogen-bond acceptors (Lipinski definition) is 6.